The molecular weight excluding hydrogens is 294 g/mol. The van der Waals surface area contributed by atoms with Gasteiger partial charge in [0.2, 0.25) is 0 Å². The van der Waals surface area contributed by atoms with E-state index < -0.39 is 5.60 Å². The standard InChI is InChI=1S/C17H27N3O3/c1-17(2,3)23-16(22)20(14-6-7-14)10-4-9-18-11-13-5-8-15(21)12-19-13/h5,8,12,14,18,21H,4,6-7,9-11H2,1-3H3. The fraction of sp³-hybridized carbons (Fsp3) is 0.647. The molecule has 0 saturated heterocycles. The smallest absolute Gasteiger partial charge is 0.410 e. The number of amides is 1. The average Bonchev–Trinajstić information content (AvgIpc) is 3.27. The molecule has 23 heavy (non-hydrogen) atoms. The Morgan fingerprint density at radius 2 is 2.17 bits per heavy atom. The van der Waals surface area contributed by atoms with E-state index in [1.165, 1.54) is 6.20 Å². The maximum atomic E-state index is 12.2. The molecule has 1 heterocycles. The lowest BCUT2D eigenvalue weighted by atomic mass is 10.2. The number of pyridine rings is 1. The molecule has 0 radical (unpaired) electrons. The number of ether oxygens (including phenoxy) is 1. The minimum Gasteiger partial charge on any atom is -0.506 e. The van der Waals surface area contributed by atoms with E-state index in [0.717, 1.165) is 31.5 Å². The number of carbonyl (C=O) groups is 1. The monoisotopic (exact) mass is 321 g/mol. The number of hydrogen-bond donors (Lipinski definition) is 2. The van der Waals surface area contributed by atoms with Gasteiger partial charge in [-0.05, 0) is 58.7 Å². The Morgan fingerprint density at radius 3 is 2.74 bits per heavy atom. The van der Waals surface area contributed by atoms with Crippen molar-refractivity contribution < 1.29 is 14.6 Å². The number of rotatable bonds is 7. The highest BCUT2D eigenvalue weighted by Gasteiger charge is 2.34. The van der Waals surface area contributed by atoms with Gasteiger partial charge in [0, 0.05) is 19.1 Å². The fourth-order valence-electron chi connectivity index (χ4n) is 2.24. The van der Waals surface area contributed by atoms with Gasteiger partial charge in [0.1, 0.15) is 11.4 Å². The molecule has 0 aliphatic heterocycles. The first kappa shape index (κ1) is 17.5. The van der Waals surface area contributed by atoms with Crippen LogP contribution < -0.4 is 5.32 Å². The molecule has 0 unspecified atom stereocenters. The van der Waals surface area contributed by atoms with Gasteiger partial charge in [-0.2, -0.15) is 0 Å². The molecule has 1 aliphatic carbocycles. The highest BCUT2D eigenvalue weighted by atomic mass is 16.6. The predicted molar refractivity (Wildman–Crippen MR) is 88.2 cm³/mol. The summed E-state index contributed by atoms with van der Waals surface area (Å²) in [5, 5.41) is 12.5. The SMILES string of the molecule is CC(C)(C)OC(=O)N(CCCNCc1ccc(O)cn1)C1CC1. The van der Waals surface area contributed by atoms with Gasteiger partial charge in [0.05, 0.1) is 11.9 Å². The van der Waals surface area contributed by atoms with Crippen molar-refractivity contribution in [2.75, 3.05) is 13.1 Å². The molecule has 1 aromatic heterocycles. The number of nitrogens with one attached hydrogen (secondary N) is 1. The van der Waals surface area contributed by atoms with Gasteiger partial charge in [-0.25, -0.2) is 4.79 Å². The van der Waals surface area contributed by atoms with Crippen LogP contribution in [0.1, 0.15) is 45.7 Å². The minimum absolute atomic E-state index is 0.172. The largest absolute Gasteiger partial charge is 0.506 e. The topological polar surface area (TPSA) is 74.7 Å². The molecule has 2 rings (SSSR count). The first-order valence-corrected chi connectivity index (χ1v) is 8.19. The molecule has 0 atom stereocenters. The Hall–Kier alpha value is -1.82. The van der Waals surface area contributed by atoms with E-state index in [0.29, 0.717) is 19.1 Å². The van der Waals surface area contributed by atoms with Crippen molar-refractivity contribution in [3.63, 3.8) is 0 Å². The summed E-state index contributed by atoms with van der Waals surface area (Å²) < 4.78 is 5.47. The van der Waals surface area contributed by atoms with Crippen LogP contribution in [-0.4, -0.2) is 45.8 Å². The van der Waals surface area contributed by atoms with E-state index in [9.17, 15) is 9.90 Å². The van der Waals surface area contributed by atoms with E-state index in [1.54, 1.807) is 12.1 Å². The highest BCUT2D eigenvalue weighted by molar-refractivity contribution is 5.69. The fourth-order valence-corrected chi connectivity index (χ4v) is 2.24. The molecule has 0 aromatic carbocycles. The van der Waals surface area contributed by atoms with E-state index in [4.69, 9.17) is 4.74 Å². The van der Waals surface area contributed by atoms with E-state index in [-0.39, 0.29) is 11.8 Å². The Labute approximate surface area is 137 Å². The van der Waals surface area contributed by atoms with Crippen molar-refractivity contribution in [2.45, 2.75) is 58.2 Å². The molecule has 0 bridgehead atoms. The Balaban J connectivity index is 1.68. The third-order valence-corrected chi connectivity index (χ3v) is 3.48. The second kappa shape index (κ2) is 7.64. The summed E-state index contributed by atoms with van der Waals surface area (Å²) in [6, 6.07) is 3.77. The third kappa shape index (κ3) is 6.44. The molecule has 1 aromatic rings. The van der Waals surface area contributed by atoms with Gasteiger partial charge in [-0.15, -0.1) is 0 Å². The molecular formula is C17H27N3O3. The number of nitrogens with zero attached hydrogens (tertiary/aromatic N) is 2. The zero-order valence-electron chi connectivity index (χ0n) is 14.2. The first-order valence-electron chi connectivity index (χ1n) is 8.19. The van der Waals surface area contributed by atoms with Gasteiger partial charge in [0.15, 0.2) is 0 Å². The van der Waals surface area contributed by atoms with Crippen LogP contribution in [-0.2, 0) is 11.3 Å². The van der Waals surface area contributed by atoms with Gasteiger partial charge >= 0.3 is 6.09 Å². The lowest BCUT2D eigenvalue weighted by Gasteiger charge is -2.27. The second-order valence-electron chi connectivity index (χ2n) is 6.94. The van der Waals surface area contributed by atoms with E-state index in [2.05, 4.69) is 10.3 Å². The predicted octanol–water partition coefficient (Wildman–Crippen LogP) is 2.67. The normalized spacial score (nSPS) is 14.6. The van der Waals surface area contributed by atoms with Crippen LogP contribution in [0.15, 0.2) is 18.3 Å². The van der Waals surface area contributed by atoms with E-state index in [1.807, 2.05) is 25.7 Å². The summed E-state index contributed by atoms with van der Waals surface area (Å²) in [6.07, 6.45) is 4.25. The summed E-state index contributed by atoms with van der Waals surface area (Å²) in [6.45, 7) is 7.83. The zero-order valence-corrected chi connectivity index (χ0v) is 14.2. The quantitative estimate of drug-likeness (QED) is 0.755. The third-order valence-electron chi connectivity index (χ3n) is 3.48. The second-order valence-corrected chi connectivity index (χ2v) is 6.94. The molecule has 1 aliphatic rings. The van der Waals surface area contributed by atoms with Crippen LogP contribution in [0.25, 0.3) is 0 Å². The van der Waals surface area contributed by atoms with Crippen LogP contribution >= 0.6 is 0 Å². The number of hydrogen-bond acceptors (Lipinski definition) is 5. The van der Waals surface area contributed by atoms with Gasteiger partial charge < -0.3 is 20.1 Å². The molecule has 1 amide bonds. The number of aromatic hydroxyl groups is 1. The molecule has 6 nitrogen and oxygen atoms in total. The average molecular weight is 321 g/mol. The van der Waals surface area contributed by atoms with Crippen LogP contribution in [0.4, 0.5) is 4.79 Å². The van der Waals surface area contributed by atoms with Crippen LogP contribution in [0.3, 0.4) is 0 Å². The maximum absolute atomic E-state index is 12.2. The maximum Gasteiger partial charge on any atom is 0.410 e. The molecule has 0 spiro atoms. The molecule has 128 valence electrons. The Morgan fingerprint density at radius 1 is 1.43 bits per heavy atom. The van der Waals surface area contributed by atoms with Crippen LogP contribution in [0.2, 0.25) is 0 Å². The number of aromatic nitrogens is 1. The Bertz CT molecular complexity index is 507. The molecule has 6 heteroatoms. The van der Waals surface area contributed by atoms with Crippen molar-refractivity contribution in [2.24, 2.45) is 0 Å². The minimum atomic E-state index is -0.451. The van der Waals surface area contributed by atoms with Gasteiger partial charge in [-0.1, -0.05) is 0 Å². The Kier molecular flexibility index (Phi) is 5.82. The lowest BCUT2D eigenvalue weighted by molar-refractivity contribution is 0.0232. The van der Waals surface area contributed by atoms with Crippen LogP contribution in [0.5, 0.6) is 5.75 Å². The number of carbonyl (C=O) groups excluding carboxylic acids is 1. The van der Waals surface area contributed by atoms with Crippen molar-refractivity contribution in [1.82, 2.24) is 15.2 Å². The lowest BCUT2D eigenvalue weighted by Crippen LogP contribution is -2.39. The van der Waals surface area contributed by atoms with Crippen molar-refractivity contribution in [3.8, 4) is 5.75 Å². The molecule has 1 fully saturated rings. The van der Waals surface area contributed by atoms with Crippen molar-refractivity contribution >= 4 is 6.09 Å². The summed E-state index contributed by atoms with van der Waals surface area (Å²) >= 11 is 0. The highest BCUT2D eigenvalue weighted by Crippen LogP contribution is 2.28. The summed E-state index contributed by atoms with van der Waals surface area (Å²) in [5.41, 5.74) is 0.432. The van der Waals surface area contributed by atoms with Gasteiger partial charge in [0.25, 0.3) is 0 Å². The van der Waals surface area contributed by atoms with Crippen molar-refractivity contribution in [3.05, 3.63) is 24.0 Å². The first-order chi connectivity index (χ1) is 10.8. The summed E-state index contributed by atoms with van der Waals surface area (Å²) in [7, 11) is 0. The molecule has 2 N–H and O–H groups in total. The summed E-state index contributed by atoms with van der Waals surface area (Å²) in [4.78, 5) is 18.2. The summed E-state index contributed by atoms with van der Waals surface area (Å²) in [5.74, 6) is 0.172. The molecule has 1 saturated carbocycles. The van der Waals surface area contributed by atoms with Crippen LogP contribution in [0, 0.1) is 0 Å². The van der Waals surface area contributed by atoms with E-state index >= 15 is 0 Å². The van der Waals surface area contributed by atoms with Gasteiger partial charge in [-0.3, -0.25) is 4.98 Å². The van der Waals surface area contributed by atoms with Crippen molar-refractivity contribution in [1.29, 1.82) is 0 Å². The zero-order chi connectivity index (χ0) is 16.9.